The standard InChI is InChI=1S/C32H27N3O8/c1-32-24(29(38)34(31(32)40)17-6-3-2-4-7-17)15-23-21(27(32)25-13-10-20(16-36)43-25)11-12-22-26(23)30(39)33(28(22)37)18-8-5-9-19(14-18)35(41)42/h2-11,13-14,22-24,26-27,36H,12,15-16H2,1H3/t22-,23+,24-,26-,27+,32+/m0/s1. The number of nitro groups is 1. The van der Waals surface area contributed by atoms with Gasteiger partial charge in [0.25, 0.3) is 5.69 Å². The predicted octanol–water partition coefficient (Wildman–Crippen LogP) is 4.12. The van der Waals surface area contributed by atoms with E-state index in [1.54, 1.807) is 49.4 Å². The lowest BCUT2D eigenvalue weighted by Gasteiger charge is -2.48. The van der Waals surface area contributed by atoms with Crippen molar-refractivity contribution >= 4 is 40.7 Å². The van der Waals surface area contributed by atoms with Gasteiger partial charge in [0.2, 0.25) is 23.6 Å². The van der Waals surface area contributed by atoms with E-state index in [0.29, 0.717) is 17.2 Å². The number of rotatable bonds is 5. The fourth-order valence-corrected chi connectivity index (χ4v) is 7.77. The number of furan rings is 1. The third-order valence-electron chi connectivity index (χ3n) is 9.71. The smallest absolute Gasteiger partial charge is 0.271 e. The molecule has 3 fully saturated rings. The van der Waals surface area contributed by atoms with Crippen molar-refractivity contribution in [3.63, 3.8) is 0 Å². The Kier molecular flexibility index (Phi) is 6.00. The van der Waals surface area contributed by atoms with Crippen LogP contribution in [0, 0.1) is 39.2 Å². The second kappa shape index (κ2) is 9.56. The molecule has 0 bridgehead atoms. The molecule has 1 aromatic heterocycles. The predicted molar refractivity (Wildman–Crippen MR) is 151 cm³/mol. The van der Waals surface area contributed by atoms with Crippen molar-refractivity contribution in [2.75, 3.05) is 9.80 Å². The number of hydrogen-bond acceptors (Lipinski definition) is 8. The summed E-state index contributed by atoms with van der Waals surface area (Å²) in [6, 6.07) is 17.4. The van der Waals surface area contributed by atoms with Crippen molar-refractivity contribution in [3.05, 3.63) is 100 Å². The molecule has 2 saturated heterocycles. The first-order valence-electron chi connectivity index (χ1n) is 14.1. The topological polar surface area (TPSA) is 151 Å². The van der Waals surface area contributed by atoms with Crippen LogP contribution in [0.15, 0.2) is 82.8 Å². The minimum atomic E-state index is -1.25. The molecule has 11 heteroatoms. The minimum absolute atomic E-state index is 0.123. The molecule has 0 radical (unpaired) electrons. The van der Waals surface area contributed by atoms with Gasteiger partial charge in [-0.15, -0.1) is 0 Å². The molecule has 4 amide bonds. The number of benzene rings is 2. The third-order valence-corrected chi connectivity index (χ3v) is 9.71. The van der Waals surface area contributed by atoms with Crippen LogP contribution < -0.4 is 9.80 Å². The number of non-ortho nitro benzene ring substituents is 1. The van der Waals surface area contributed by atoms with Crippen LogP contribution in [-0.2, 0) is 25.8 Å². The lowest BCUT2D eigenvalue weighted by atomic mass is 9.52. The highest BCUT2D eigenvalue weighted by Gasteiger charge is 2.68. The number of amides is 4. The number of aliphatic hydroxyl groups excluding tert-OH is 1. The first kappa shape index (κ1) is 27.0. The van der Waals surface area contributed by atoms with E-state index in [1.807, 2.05) is 6.08 Å². The molecule has 7 rings (SSSR count). The van der Waals surface area contributed by atoms with E-state index in [0.717, 1.165) is 10.5 Å². The number of allylic oxidation sites excluding steroid dienone is 2. The van der Waals surface area contributed by atoms with E-state index in [-0.39, 0.29) is 42.6 Å². The van der Waals surface area contributed by atoms with Gasteiger partial charge in [0.1, 0.15) is 18.1 Å². The lowest BCUT2D eigenvalue weighted by molar-refractivity contribution is -0.384. The Morgan fingerprint density at radius 2 is 1.67 bits per heavy atom. The zero-order chi connectivity index (χ0) is 30.2. The summed E-state index contributed by atoms with van der Waals surface area (Å²) in [5, 5.41) is 21.1. The number of hydrogen-bond donors (Lipinski definition) is 1. The van der Waals surface area contributed by atoms with Gasteiger partial charge in [-0.1, -0.05) is 35.9 Å². The van der Waals surface area contributed by atoms with Crippen LogP contribution in [0.1, 0.15) is 37.2 Å². The highest BCUT2D eigenvalue weighted by molar-refractivity contribution is 6.25. The van der Waals surface area contributed by atoms with Crippen molar-refractivity contribution in [2.45, 2.75) is 32.3 Å². The molecule has 0 unspecified atom stereocenters. The Hall–Kier alpha value is -4.90. The molecule has 43 heavy (non-hydrogen) atoms. The van der Waals surface area contributed by atoms with Crippen LogP contribution >= 0.6 is 0 Å². The highest BCUT2D eigenvalue weighted by Crippen LogP contribution is 2.63. The van der Waals surface area contributed by atoms with E-state index < -0.39 is 51.7 Å². The summed E-state index contributed by atoms with van der Waals surface area (Å²) in [7, 11) is 0. The van der Waals surface area contributed by atoms with Crippen molar-refractivity contribution in [1.29, 1.82) is 0 Å². The quantitative estimate of drug-likeness (QED) is 0.205. The van der Waals surface area contributed by atoms with Crippen LogP contribution in [0.4, 0.5) is 17.1 Å². The van der Waals surface area contributed by atoms with Crippen molar-refractivity contribution in [2.24, 2.45) is 29.1 Å². The van der Waals surface area contributed by atoms with Crippen LogP contribution in [-0.4, -0.2) is 33.7 Å². The average Bonchev–Trinajstić information content (AvgIpc) is 3.64. The number of carbonyl (C=O) groups excluding carboxylic acids is 4. The summed E-state index contributed by atoms with van der Waals surface area (Å²) in [6.07, 6.45) is 2.29. The summed E-state index contributed by atoms with van der Waals surface area (Å²) in [4.78, 5) is 69.2. The van der Waals surface area contributed by atoms with Crippen LogP contribution in [0.25, 0.3) is 0 Å². The SMILES string of the molecule is C[C@@]12C(=O)N(c3ccccc3)C(=O)[C@@H]1C[C@@H]1C(=CC[C@@H]3C(=O)N(c4cccc([N+](=O)[O-])c4)C(=O)[C@@H]31)[C@@H]2c1ccc(CO)o1. The van der Waals surface area contributed by atoms with Crippen LogP contribution in [0.3, 0.4) is 0 Å². The summed E-state index contributed by atoms with van der Waals surface area (Å²) in [6.45, 7) is 1.40. The van der Waals surface area contributed by atoms with E-state index in [2.05, 4.69) is 0 Å². The zero-order valence-electron chi connectivity index (χ0n) is 23.1. The molecule has 2 aliphatic heterocycles. The molecule has 11 nitrogen and oxygen atoms in total. The van der Waals surface area contributed by atoms with Gasteiger partial charge in [-0.25, -0.2) is 9.80 Å². The average molecular weight is 582 g/mol. The Morgan fingerprint density at radius 1 is 0.930 bits per heavy atom. The molecule has 1 saturated carbocycles. The molecule has 6 atom stereocenters. The van der Waals surface area contributed by atoms with Gasteiger partial charge in [0, 0.05) is 12.1 Å². The molecule has 3 heterocycles. The number of carbonyl (C=O) groups is 4. The van der Waals surface area contributed by atoms with E-state index in [4.69, 9.17) is 4.42 Å². The molecule has 0 spiro atoms. The molecule has 2 aromatic carbocycles. The Morgan fingerprint density at radius 3 is 2.37 bits per heavy atom. The largest absolute Gasteiger partial charge is 0.463 e. The number of aliphatic hydroxyl groups is 1. The normalized spacial score (nSPS) is 29.8. The highest BCUT2D eigenvalue weighted by atomic mass is 16.6. The van der Waals surface area contributed by atoms with Crippen LogP contribution in [0.2, 0.25) is 0 Å². The molecule has 1 N–H and O–H groups in total. The van der Waals surface area contributed by atoms with Gasteiger partial charge in [-0.2, -0.15) is 0 Å². The molecule has 218 valence electrons. The van der Waals surface area contributed by atoms with E-state index in [1.165, 1.54) is 29.2 Å². The monoisotopic (exact) mass is 581 g/mol. The van der Waals surface area contributed by atoms with Gasteiger partial charge in [0.15, 0.2) is 0 Å². The summed E-state index contributed by atoms with van der Waals surface area (Å²) in [5.41, 5.74) is -0.178. The van der Waals surface area contributed by atoms with Gasteiger partial charge in [-0.3, -0.25) is 29.3 Å². The zero-order valence-corrected chi connectivity index (χ0v) is 23.1. The maximum Gasteiger partial charge on any atom is 0.271 e. The first-order chi connectivity index (χ1) is 20.7. The van der Waals surface area contributed by atoms with Gasteiger partial charge < -0.3 is 9.52 Å². The number of para-hydroxylation sites is 1. The number of fused-ring (bicyclic) bond motifs is 4. The molecular formula is C32H27N3O8. The molecule has 3 aromatic rings. The molecule has 2 aliphatic carbocycles. The van der Waals surface area contributed by atoms with Gasteiger partial charge in [-0.05, 0) is 56.0 Å². The lowest BCUT2D eigenvalue weighted by Crippen LogP contribution is -2.48. The summed E-state index contributed by atoms with van der Waals surface area (Å²) in [5.74, 6) is -4.64. The Balaban J connectivity index is 1.34. The van der Waals surface area contributed by atoms with Crippen molar-refractivity contribution < 1.29 is 33.6 Å². The fourth-order valence-electron chi connectivity index (χ4n) is 7.77. The maximum absolute atomic E-state index is 14.3. The van der Waals surface area contributed by atoms with Crippen LogP contribution in [0.5, 0.6) is 0 Å². The van der Waals surface area contributed by atoms with Gasteiger partial charge in [0.05, 0.1) is 45.4 Å². The summed E-state index contributed by atoms with van der Waals surface area (Å²) < 4.78 is 6.01. The second-order valence-electron chi connectivity index (χ2n) is 11.7. The maximum atomic E-state index is 14.3. The van der Waals surface area contributed by atoms with E-state index in [9.17, 15) is 34.4 Å². The van der Waals surface area contributed by atoms with Crippen molar-refractivity contribution in [1.82, 2.24) is 0 Å². The second-order valence-corrected chi connectivity index (χ2v) is 11.7. The summed E-state index contributed by atoms with van der Waals surface area (Å²) >= 11 is 0. The number of anilines is 2. The Bertz CT molecular complexity index is 1750. The Labute approximate surface area is 245 Å². The number of nitrogens with zero attached hydrogens (tertiary/aromatic N) is 3. The molecule has 4 aliphatic rings. The molecular weight excluding hydrogens is 554 g/mol. The third kappa shape index (κ3) is 3.70. The van der Waals surface area contributed by atoms with Crippen molar-refractivity contribution in [3.8, 4) is 0 Å². The fraction of sp³-hybridized carbons (Fsp3) is 0.312. The number of imide groups is 2. The first-order valence-corrected chi connectivity index (χ1v) is 14.1. The number of nitro benzene ring substituents is 1. The van der Waals surface area contributed by atoms with E-state index >= 15 is 0 Å². The van der Waals surface area contributed by atoms with Gasteiger partial charge >= 0.3 is 0 Å². The minimum Gasteiger partial charge on any atom is -0.463 e.